The van der Waals surface area contributed by atoms with E-state index >= 15 is 0 Å². The quantitative estimate of drug-likeness (QED) is 0.0709. The van der Waals surface area contributed by atoms with Crippen molar-refractivity contribution in [3.8, 4) is 0 Å². The molecule has 0 bridgehead atoms. The van der Waals surface area contributed by atoms with Gasteiger partial charge >= 0.3 is 90.3 Å². The first-order valence-corrected chi connectivity index (χ1v) is 8.53. The van der Waals surface area contributed by atoms with Crippen LogP contribution in [0.5, 0.6) is 0 Å². The molecule has 0 aromatic heterocycles. The number of esters is 2. The van der Waals surface area contributed by atoms with Gasteiger partial charge in [0.15, 0.2) is 0 Å². The first-order valence-electron chi connectivity index (χ1n) is 7.73. The number of alkyl halides is 16. The maximum Gasteiger partial charge on any atom is 1.00 e. The van der Waals surface area contributed by atoms with Crippen LogP contribution in [0.3, 0.4) is 0 Å². The topological polar surface area (TPSA) is 94.1 Å². The van der Waals surface area contributed by atoms with E-state index in [1.807, 2.05) is 0 Å². The summed E-state index contributed by atoms with van der Waals surface area (Å²) in [4.78, 5) is 22.7. The van der Waals surface area contributed by atoms with Crippen molar-refractivity contribution in [3.63, 3.8) is 0 Å². The molecule has 0 aromatic rings. The summed E-state index contributed by atoms with van der Waals surface area (Å²) in [5, 5.41) is 8.86. The second-order valence-corrected chi connectivity index (χ2v) is 6.75. The average Bonchev–Trinajstić information content (AvgIpc) is 2.69. The Morgan fingerprint density at radius 2 is 1.05 bits per heavy atom. The number of ether oxygens (including phenoxy) is 2. The van der Waals surface area contributed by atoms with Crippen molar-refractivity contribution >= 4 is 24.0 Å². The van der Waals surface area contributed by atoms with Crippen LogP contribution in [0.25, 0.3) is 0 Å². The summed E-state index contributed by atoms with van der Waals surface area (Å²) in [6.07, 6.45) is -27.2. The van der Waals surface area contributed by atoms with Crippen LogP contribution < -0.4 is 34.8 Å². The molecule has 0 aromatic carbocycles. The van der Waals surface area contributed by atoms with Crippen LogP contribution >= 0.6 is 12.0 Å². The van der Waals surface area contributed by atoms with Crippen LogP contribution in [0.4, 0.5) is 70.2 Å². The SMILES string of the molecule is O=C(CC(SOO[O-])C(=O)OC(F)(F)C(F)(F)C(F)(F)C(F)F)OC(F)(F)C(F)(F)C(F)(F)C(F)F.[Na+]. The van der Waals surface area contributed by atoms with E-state index in [9.17, 15) is 85.1 Å². The minimum Gasteiger partial charge on any atom is -0.691 e. The van der Waals surface area contributed by atoms with E-state index in [0.29, 0.717) is 0 Å². The summed E-state index contributed by atoms with van der Waals surface area (Å²) < 4.78 is 212. The van der Waals surface area contributed by atoms with Gasteiger partial charge in [-0.3, -0.25) is 14.6 Å². The molecule has 0 radical (unpaired) electrons. The Morgan fingerprint density at radius 1 is 0.703 bits per heavy atom. The van der Waals surface area contributed by atoms with Gasteiger partial charge < -0.3 is 14.7 Å². The molecule has 0 amide bonds. The molecule has 1 unspecified atom stereocenters. The standard InChI is InChI=1S/C12H6F16O7S.Na/c13-5(14)7(17,18)9(21,22)11(25,26)32-3(29)1-2(36-35-34-31)4(30)33-12(27,28)10(23,24)8(19,20)6(15)16;/h2,5-6,31H,1H2;/q;+1/p-1. The molecule has 7 nitrogen and oxygen atoms in total. The van der Waals surface area contributed by atoms with Crippen LogP contribution in [0.1, 0.15) is 6.42 Å². The number of carbonyl (C=O) groups excluding carboxylic acids is 2. The number of hydrogen-bond donors (Lipinski definition) is 0. The van der Waals surface area contributed by atoms with Gasteiger partial charge in [-0.15, -0.1) is 0 Å². The van der Waals surface area contributed by atoms with E-state index in [1.54, 1.807) is 0 Å². The van der Waals surface area contributed by atoms with Gasteiger partial charge in [-0.25, -0.2) is 17.6 Å². The summed E-state index contributed by atoms with van der Waals surface area (Å²) in [6, 6.07) is 0. The third-order valence-electron chi connectivity index (χ3n) is 3.39. The normalized spacial score (nSPS) is 14.9. The van der Waals surface area contributed by atoms with E-state index < -0.39 is 84.4 Å². The molecule has 1 atom stereocenters. The fourth-order valence-electron chi connectivity index (χ4n) is 1.54. The Morgan fingerprint density at radius 3 is 1.38 bits per heavy atom. The van der Waals surface area contributed by atoms with Crippen molar-refractivity contribution in [1.82, 2.24) is 0 Å². The van der Waals surface area contributed by atoms with E-state index in [0.717, 1.165) is 0 Å². The molecular formula is C12H5F16NaO7S. The second kappa shape index (κ2) is 12.9. The Hall–Kier alpha value is -0.950. The Balaban J connectivity index is 0. The van der Waals surface area contributed by atoms with E-state index in [4.69, 9.17) is 0 Å². The third-order valence-corrected chi connectivity index (χ3v) is 4.11. The monoisotopic (exact) mass is 620 g/mol. The predicted molar refractivity (Wildman–Crippen MR) is 72.0 cm³/mol. The molecule has 0 aliphatic heterocycles. The minimum absolute atomic E-state index is 0. The summed E-state index contributed by atoms with van der Waals surface area (Å²) in [5.74, 6) is -34.5. The molecule has 0 saturated carbocycles. The van der Waals surface area contributed by atoms with Crippen LogP contribution in [0.15, 0.2) is 0 Å². The van der Waals surface area contributed by atoms with Crippen molar-refractivity contribution in [2.24, 2.45) is 0 Å². The fraction of sp³-hybridized carbons (Fsp3) is 0.833. The van der Waals surface area contributed by atoms with Crippen molar-refractivity contribution < 1.29 is 133 Å². The smallest absolute Gasteiger partial charge is 0.691 e. The van der Waals surface area contributed by atoms with Gasteiger partial charge in [0.05, 0.1) is 6.42 Å². The summed E-state index contributed by atoms with van der Waals surface area (Å²) in [5.41, 5.74) is 0. The van der Waals surface area contributed by atoms with Gasteiger partial charge in [0.25, 0.3) is 0 Å². The molecule has 0 aliphatic carbocycles. The van der Waals surface area contributed by atoms with Gasteiger partial charge in [0.1, 0.15) is 5.25 Å². The van der Waals surface area contributed by atoms with Crippen LogP contribution in [0.2, 0.25) is 0 Å². The molecule has 0 saturated heterocycles. The first kappa shape index (κ1) is 38.2. The zero-order chi connectivity index (χ0) is 29.1. The van der Waals surface area contributed by atoms with Crippen LogP contribution in [-0.4, -0.2) is 65.9 Å². The van der Waals surface area contributed by atoms with Crippen LogP contribution in [0, 0.1) is 0 Å². The van der Waals surface area contributed by atoms with Crippen LogP contribution in [-0.2, 0) is 28.4 Å². The fourth-order valence-corrected chi connectivity index (χ4v) is 2.00. The van der Waals surface area contributed by atoms with E-state index in [1.165, 1.54) is 0 Å². The molecule has 0 rings (SSSR count). The molecular weight excluding hydrogens is 615 g/mol. The molecule has 0 spiro atoms. The van der Waals surface area contributed by atoms with Gasteiger partial charge in [-0.1, -0.05) is 0 Å². The molecule has 37 heavy (non-hydrogen) atoms. The van der Waals surface area contributed by atoms with Crippen molar-refractivity contribution in [3.05, 3.63) is 0 Å². The third kappa shape index (κ3) is 8.03. The van der Waals surface area contributed by atoms with E-state index in [2.05, 4.69) is 18.8 Å². The maximum absolute atomic E-state index is 13.3. The van der Waals surface area contributed by atoms with Gasteiger partial charge in [-0.05, 0) is 0 Å². The minimum atomic E-state index is -7.22. The first-order chi connectivity index (χ1) is 15.8. The molecule has 25 heteroatoms. The van der Waals surface area contributed by atoms with Gasteiger partial charge in [0, 0.05) is 12.0 Å². The zero-order valence-corrected chi connectivity index (χ0v) is 19.6. The number of hydrogen-bond acceptors (Lipinski definition) is 8. The van der Waals surface area contributed by atoms with Crippen molar-refractivity contribution in [2.75, 3.05) is 0 Å². The van der Waals surface area contributed by atoms with Crippen molar-refractivity contribution in [1.29, 1.82) is 0 Å². The predicted octanol–water partition coefficient (Wildman–Crippen LogP) is 0.964. The van der Waals surface area contributed by atoms with Crippen molar-refractivity contribution in [2.45, 2.75) is 60.4 Å². The summed E-state index contributed by atoms with van der Waals surface area (Å²) >= 11 is -1.16. The zero-order valence-electron chi connectivity index (χ0n) is 16.8. The molecule has 0 fully saturated rings. The Kier molecular flexibility index (Phi) is 13.4. The molecule has 0 N–H and O–H groups in total. The number of carbonyl (C=O) groups is 2. The molecule has 0 aliphatic rings. The Bertz CT molecular complexity index is 783. The number of rotatable bonds is 14. The van der Waals surface area contributed by atoms with Gasteiger partial charge in [0.2, 0.25) is 0 Å². The Labute approximate surface area is 218 Å². The molecule has 214 valence electrons. The largest absolute Gasteiger partial charge is 1.00 e. The summed E-state index contributed by atoms with van der Waals surface area (Å²) in [7, 11) is 0. The van der Waals surface area contributed by atoms with Gasteiger partial charge in [-0.2, -0.15) is 57.0 Å². The maximum atomic E-state index is 13.3. The average molecular weight is 620 g/mol. The summed E-state index contributed by atoms with van der Waals surface area (Å²) in [6.45, 7) is 0. The van der Waals surface area contributed by atoms with E-state index in [-0.39, 0.29) is 29.6 Å². The second-order valence-electron chi connectivity index (χ2n) is 5.85. The molecule has 0 heterocycles. The number of halogens is 16.